The Labute approximate surface area is 246 Å². The van der Waals surface area contributed by atoms with E-state index in [-0.39, 0.29) is 18.0 Å². The van der Waals surface area contributed by atoms with E-state index in [9.17, 15) is 14.7 Å². The zero-order valence-electron chi connectivity index (χ0n) is 23.9. The molecule has 2 heterocycles. The smallest absolute Gasteiger partial charge is 0.258 e. The number of benzene rings is 2. The average molecular weight is 631 g/mol. The van der Waals surface area contributed by atoms with Crippen LogP contribution in [-0.2, 0) is 16.0 Å². The van der Waals surface area contributed by atoms with Gasteiger partial charge in [0.05, 0.1) is 23.4 Å². The summed E-state index contributed by atoms with van der Waals surface area (Å²) in [4.78, 5) is 25.5. The van der Waals surface area contributed by atoms with Crippen molar-refractivity contribution in [1.82, 2.24) is 4.57 Å². The van der Waals surface area contributed by atoms with Gasteiger partial charge in [0, 0.05) is 25.3 Å². The van der Waals surface area contributed by atoms with Gasteiger partial charge in [-0.3, -0.25) is 4.79 Å². The number of aromatic nitrogens is 1. The van der Waals surface area contributed by atoms with E-state index in [0.717, 1.165) is 23.2 Å². The first-order valence-electron chi connectivity index (χ1n) is 13.6. The Hall–Kier alpha value is -2.27. The highest BCUT2D eigenvalue weighted by atomic mass is 79.9. The van der Waals surface area contributed by atoms with Crippen LogP contribution in [0.1, 0.15) is 51.8 Å². The van der Waals surface area contributed by atoms with E-state index in [4.69, 9.17) is 14.2 Å². The Balaban J connectivity index is 1.67. The van der Waals surface area contributed by atoms with Crippen LogP contribution in [0.5, 0.6) is 5.75 Å². The Bertz CT molecular complexity index is 1310. The average Bonchev–Trinajstić information content (AvgIpc) is 2.95. The van der Waals surface area contributed by atoms with Crippen molar-refractivity contribution >= 4 is 34.6 Å². The van der Waals surface area contributed by atoms with E-state index >= 15 is 0 Å². The normalized spacial score (nSPS) is 21.2. The van der Waals surface area contributed by atoms with Crippen LogP contribution >= 0.6 is 15.9 Å². The molecule has 3 atom stereocenters. The summed E-state index contributed by atoms with van der Waals surface area (Å²) in [7, 11) is -0.147. The summed E-state index contributed by atoms with van der Waals surface area (Å²) in [6, 6.07) is 20.0. The van der Waals surface area contributed by atoms with Gasteiger partial charge in [-0.2, -0.15) is 0 Å². The van der Waals surface area contributed by atoms with Crippen LogP contribution < -0.4 is 20.5 Å². The summed E-state index contributed by atoms with van der Waals surface area (Å²) >= 11 is 3.33. The molecule has 4 rings (SSSR count). The molecule has 0 radical (unpaired) electrons. The van der Waals surface area contributed by atoms with Crippen molar-refractivity contribution in [2.75, 3.05) is 21.0 Å². The fraction of sp³-hybridized carbons (Fsp3) is 0.452. The van der Waals surface area contributed by atoms with Crippen molar-refractivity contribution in [1.29, 1.82) is 0 Å². The molecule has 0 aliphatic carbocycles. The highest BCUT2D eigenvalue weighted by Crippen LogP contribution is 2.51. The molecular formula is C31H40BrNO6Si. The molecule has 0 saturated heterocycles. The minimum Gasteiger partial charge on any atom is -0.491 e. The second kappa shape index (κ2) is 12.3. The van der Waals surface area contributed by atoms with E-state index in [2.05, 4.69) is 29.8 Å². The molecule has 216 valence electrons. The summed E-state index contributed by atoms with van der Waals surface area (Å²) in [5, 5.41) is 13.0. The van der Waals surface area contributed by atoms with Crippen molar-refractivity contribution < 1.29 is 24.1 Å². The minimum absolute atomic E-state index is 0.000553. The molecule has 7 nitrogen and oxygen atoms in total. The molecule has 2 aromatic carbocycles. The molecule has 40 heavy (non-hydrogen) atoms. The summed E-state index contributed by atoms with van der Waals surface area (Å²) in [6.45, 7) is 6.59. The van der Waals surface area contributed by atoms with Crippen molar-refractivity contribution in [3.05, 3.63) is 87.3 Å². The number of methoxy groups -OCH3 is 2. The number of aliphatic hydroxyl groups excluding tert-OH is 1. The van der Waals surface area contributed by atoms with Gasteiger partial charge in [-0.05, 0) is 44.2 Å². The number of halogens is 1. The first-order valence-corrected chi connectivity index (χ1v) is 16.3. The Morgan fingerprint density at radius 3 is 2.17 bits per heavy atom. The summed E-state index contributed by atoms with van der Waals surface area (Å²) in [6.07, 6.45) is 2.35. The molecule has 9 heteroatoms. The van der Waals surface area contributed by atoms with Crippen LogP contribution in [-0.4, -0.2) is 49.9 Å². The van der Waals surface area contributed by atoms with Gasteiger partial charge < -0.3 is 28.7 Å². The summed E-state index contributed by atoms with van der Waals surface area (Å²) < 4.78 is 19.2. The monoisotopic (exact) mass is 629 g/mol. The number of aliphatic hydroxyl groups is 1. The van der Waals surface area contributed by atoms with E-state index in [1.54, 1.807) is 13.3 Å². The van der Waals surface area contributed by atoms with Crippen LogP contribution in [0.3, 0.4) is 0 Å². The second-order valence-electron chi connectivity index (χ2n) is 11.5. The first-order chi connectivity index (χ1) is 19.0. The highest BCUT2D eigenvalue weighted by molar-refractivity contribution is 9.10. The van der Waals surface area contributed by atoms with Crippen molar-refractivity contribution in [2.24, 2.45) is 5.41 Å². The lowest BCUT2D eigenvalue weighted by atomic mass is 9.70. The van der Waals surface area contributed by atoms with Crippen LogP contribution in [0, 0.1) is 5.41 Å². The third kappa shape index (κ3) is 5.47. The number of hydrogen-bond acceptors (Lipinski definition) is 6. The van der Waals surface area contributed by atoms with Crippen LogP contribution in [0.4, 0.5) is 0 Å². The predicted molar refractivity (Wildman–Crippen MR) is 163 cm³/mol. The second-order valence-corrected chi connectivity index (χ2v) is 16.3. The van der Waals surface area contributed by atoms with Crippen LogP contribution in [0.25, 0.3) is 0 Å². The molecule has 0 saturated carbocycles. The molecule has 0 spiro atoms. The molecular weight excluding hydrogens is 590 g/mol. The quantitative estimate of drug-likeness (QED) is 0.242. The van der Waals surface area contributed by atoms with Gasteiger partial charge >= 0.3 is 0 Å². The van der Waals surface area contributed by atoms with Crippen LogP contribution in [0.15, 0.2) is 76.1 Å². The van der Waals surface area contributed by atoms with E-state index in [1.807, 2.05) is 72.2 Å². The zero-order valence-corrected chi connectivity index (χ0v) is 26.5. The third-order valence-corrected chi connectivity index (χ3v) is 13.8. The number of nitrogens with zero attached hydrogens (tertiary/aromatic N) is 1. The summed E-state index contributed by atoms with van der Waals surface area (Å²) in [5.41, 5.74) is -0.401. The van der Waals surface area contributed by atoms with Gasteiger partial charge in [0.2, 0.25) is 5.43 Å². The number of pyridine rings is 1. The van der Waals surface area contributed by atoms with Gasteiger partial charge in [0.15, 0.2) is 5.75 Å². The van der Waals surface area contributed by atoms with Crippen molar-refractivity contribution in [2.45, 2.75) is 63.8 Å². The lowest BCUT2D eigenvalue weighted by Gasteiger charge is -2.47. The molecule has 0 amide bonds. The molecule has 3 unspecified atom stereocenters. The van der Waals surface area contributed by atoms with Crippen molar-refractivity contribution in [3.8, 4) is 5.75 Å². The maximum absolute atomic E-state index is 13.0. The highest BCUT2D eigenvalue weighted by Gasteiger charge is 2.52. The number of rotatable bonds is 11. The molecule has 1 aromatic heterocycles. The maximum Gasteiger partial charge on any atom is 0.258 e. The third-order valence-electron chi connectivity index (χ3n) is 8.65. The van der Waals surface area contributed by atoms with Gasteiger partial charge in [0.25, 0.3) is 8.32 Å². The van der Waals surface area contributed by atoms with E-state index in [0.29, 0.717) is 23.1 Å². The van der Waals surface area contributed by atoms with E-state index < -0.39 is 31.0 Å². The van der Waals surface area contributed by atoms with Gasteiger partial charge in [-0.15, -0.1) is 0 Å². The molecule has 0 fully saturated rings. The lowest BCUT2D eigenvalue weighted by molar-refractivity contribution is -0.167. The van der Waals surface area contributed by atoms with Gasteiger partial charge in [0.1, 0.15) is 12.9 Å². The molecule has 2 N–H and O–H groups in total. The Kier molecular flexibility index (Phi) is 9.44. The number of ether oxygens (including phenoxy) is 3. The maximum atomic E-state index is 13.0. The molecule has 3 aromatic rings. The van der Waals surface area contributed by atoms with Gasteiger partial charge in [-0.25, -0.2) is 0 Å². The molecule has 1 aliphatic rings. The van der Waals surface area contributed by atoms with E-state index in [1.165, 1.54) is 7.11 Å². The standard InChI is InChI=1S/C31H40BrNO6Si/c1-30(2,40(36,22-13-8-6-9-14-22)23-15-10-7-11-16-23)17-12-18-31(3)25(34)20-33-19-24(32)27(35)28(38-5)26(33)29(31)39-21-37-4/h6-11,13-16,19,25,29,34,36H,12,17-18,20-21H2,1-5H3. The SMILES string of the molecule is COCOC1c2c(OC)c(=O)c(Br)cn2CC(O)C1(C)CCCC(C)(C)[Si](O)(c1ccccc1)c1ccccc1. The van der Waals surface area contributed by atoms with Crippen molar-refractivity contribution in [3.63, 3.8) is 0 Å². The topological polar surface area (TPSA) is 90.2 Å². The fourth-order valence-electron chi connectivity index (χ4n) is 6.22. The number of fused-ring (bicyclic) bond motifs is 1. The molecule has 0 bridgehead atoms. The first kappa shape index (κ1) is 30.7. The predicted octanol–water partition coefficient (Wildman–Crippen LogP) is 4.36. The summed E-state index contributed by atoms with van der Waals surface area (Å²) in [5.74, 6) is 0.198. The minimum atomic E-state index is -3.17. The lowest BCUT2D eigenvalue weighted by Crippen LogP contribution is -2.65. The Morgan fingerprint density at radius 1 is 1.07 bits per heavy atom. The zero-order chi connectivity index (χ0) is 29.1. The van der Waals surface area contributed by atoms with Gasteiger partial charge in [-0.1, -0.05) is 87.9 Å². The Morgan fingerprint density at radius 2 is 1.65 bits per heavy atom. The fourth-order valence-corrected chi connectivity index (χ4v) is 10.4. The molecule has 1 aliphatic heterocycles. The largest absolute Gasteiger partial charge is 0.491 e. The van der Waals surface area contributed by atoms with Crippen LogP contribution in [0.2, 0.25) is 5.04 Å². The number of hydrogen-bond donors (Lipinski definition) is 2.